The molecule has 0 radical (unpaired) electrons. The number of hydroxylamine groups is 2. The van der Waals surface area contributed by atoms with E-state index in [-0.39, 0.29) is 23.6 Å². The van der Waals surface area contributed by atoms with Crippen LogP contribution in [0.4, 0.5) is 0 Å². The van der Waals surface area contributed by atoms with Crippen molar-refractivity contribution in [1.82, 2.24) is 5.06 Å². The molecule has 0 amide bonds. The minimum atomic E-state index is -0.726. The van der Waals surface area contributed by atoms with Crippen molar-refractivity contribution >= 4 is 11.8 Å². The third kappa shape index (κ3) is 9.69. The minimum Gasteiger partial charge on any atom is -0.464 e. The molecule has 0 aromatic heterocycles. The van der Waals surface area contributed by atoms with E-state index in [4.69, 9.17) is 9.57 Å². The molecule has 1 aliphatic heterocycles. The molecule has 1 aliphatic rings. The zero-order chi connectivity index (χ0) is 29.6. The van der Waals surface area contributed by atoms with Gasteiger partial charge in [-0.2, -0.15) is 5.06 Å². The highest BCUT2D eigenvalue weighted by Gasteiger charge is 2.54. The van der Waals surface area contributed by atoms with Crippen LogP contribution in [0.25, 0.3) is 0 Å². The Labute approximate surface area is 245 Å². The number of Topliss-reactive ketones (excluding diaryl/α,β-unsaturated/α-hetero) is 1. The molecule has 5 nitrogen and oxygen atoms in total. The van der Waals surface area contributed by atoms with E-state index in [9.17, 15) is 9.59 Å². The van der Waals surface area contributed by atoms with E-state index in [1.807, 2.05) is 30.2 Å². The van der Waals surface area contributed by atoms with Crippen molar-refractivity contribution in [3.8, 4) is 0 Å². The highest BCUT2D eigenvalue weighted by atomic mass is 16.7. The summed E-state index contributed by atoms with van der Waals surface area (Å²) < 4.78 is 5.85. The van der Waals surface area contributed by atoms with E-state index < -0.39 is 17.2 Å². The van der Waals surface area contributed by atoms with E-state index in [1.165, 1.54) is 56.9 Å². The molecule has 0 aliphatic carbocycles. The summed E-state index contributed by atoms with van der Waals surface area (Å²) in [5.74, 6) is -0.0703. The molecule has 1 saturated heterocycles. The number of rotatable bonds is 19. The van der Waals surface area contributed by atoms with Gasteiger partial charge >= 0.3 is 5.97 Å². The average Bonchev–Trinajstić information content (AvgIpc) is 2.96. The van der Waals surface area contributed by atoms with Gasteiger partial charge in [-0.25, -0.2) is 4.79 Å². The number of esters is 1. The number of hydrogen-bond donors (Lipinski definition) is 0. The largest absolute Gasteiger partial charge is 0.464 e. The SMILES string of the molecule is CCCCCCCCCCCCOC(=O)C(CC(C)c1ccccc1)ON1C(C)(CC)CC(=O)C(C)C1(C)CC. The van der Waals surface area contributed by atoms with Crippen molar-refractivity contribution in [2.75, 3.05) is 6.61 Å². The summed E-state index contributed by atoms with van der Waals surface area (Å²) in [6.45, 7) is 15.2. The van der Waals surface area contributed by atoms with E-state index in [0.717, 1.165) is 25.7 Å². The standard InChI is InChI=1S/C35H59NO4/c1-8-11-12-13-14-15-16-17-18-22-25-39-33(38)32(26-28(4)30-23-20-19-21-24-30)40-36-34(6,9-2)27-31(37)29(5)35(36,7)10-3/h19-21,23-24,28-29,32H,8-18,22,25-27H2,1-7H3. The van der Waals surface area contributed by atoms with Crippen molar-refractivity contribution in [2.24, 2.45) is 5.92 Å². The average molecular weight is 558 g/mol. The molecular formula is C35H59NO4. The van der Waals surface area contributed by atoms with Crippen molar-refractivity contribution < 1.29 is 19.2 Å². The van der Waals surface area contributed by atoms with Crippen molar-refractivity contribution in [2.45, 2.75) is 161 Å². The van der Waals surface area contributed by atoms with Gasteiger partial charge in [0.05, 0.1) is 17.7 Å². The molecule has 0 N–H and O–H groups in total. The maximum absolute atomic E-state index is 13.5. The minimum absolute atomic E-state index is 0.126. The molecule has 228 valence electrons. The van der Waals surface area contributed by atoms with Crippen LogP contribution in [0.2, 0.25) is 0 Å². The summed E-state index contributed by atoms with van der Waals surface area (Å²) in [6.07, 6.45) is 14.2. The Balaban J connectivity index is 2.04. The number of benzene rings is 1. The summed E-state index contributed by atoms with van der Waals surface area (Å²) in [6, 6.07) is 10.3. The fourth-order valence-electron chi connectivity index (χ4n) is 6.11. The first-order valence-electron chi connectivity index (χ1n) is 16.3. The summed E-state index contributed by atoms with van der Waals surface area (Å²) in [7, 11) is 0. The number of carbonyl (C=O) groups is 2. The number of unbranched alkanes of at least 4 members (excludes halogenated alkanes) is 9. The molecule has 5 unspecified atom stereocenters. The third-order valence-corrected chi connectivity index (χ3v) is 9.58. The molecule has 5 atom stereocenters. The first-order chi connectivity index (χ1) is 19.1. The van der Waals surface area contributed by atoms with Crippen LogP contribution >= 0.6 is 0 Å². The first kappa shape index (κ1) is 34.5. The summed E-state index contributed by atoms with van der Waals surface area (Å²) in [5.41, 5.74) is 0.210. The number of ketones is 1. The maximum Gasteiger partial charge on any atom is 0.337 e. The summed E-state index contributed by atoms with van der Waals surface area (Å²) in [4.78, 5) is 33.3. The van der Waals surface area contributed by atoms with Crippen LogP contribution in [-0.4, -0.2) is 40.6 Å². The summed E-state index contributed by atoms with van der Waals surface area (Å²) >= 11 is 0. The van der Waals surface area contributed by atoms with Crippen LogP contribution in [0, 0.1) is 5.92 Å². The smallest absolute Gasteiger partial charge is 0.337 e. The number of nitrogens with zero attached hydrogens (tertiary/aromatic N) is 1. The molecule has 5 heteroatoms. The Bertz CT molecular complexity index is 873. The normalized spacial score (nSPS) is 25.1. The number of carbonyl (C=O) groups excluding carboxylic acids is 2. The highest BCUT2D eigenvalue weighted by molar-refractivity contribution is 5.84. The second-order valence-electron chi connectivity index (χ2n) is 12.7. The molecule has 40 heavy (non-hydrogen) atoms. The van der Waals surface area contributed by atoms with E-state index in [2.05, 4.69) is 53.7 Å². The van der Waals surface area contributed by atoms with Gasteiger partial charge in [-0.05, 0) is 51.0 Å². The van der Waals surface area contributed by atoms with E-state index >= 15 is 0 Å². The van der Waals surface area contributed by atoms with Gasteiger partial charge in [0, 0.05) is 12.3 Å². The molecule has 1 aromatic rings. The fourth-order valence-corrected chi connectivity index (χ4v) is 6.11. The highest BCUT2D eigenvalue weighted by Crippen LogP contribution is 2.45. The Hall–Kier alpha value is -1.72. The molecular weight excluding hydrogens is 498 g/mol. The Morgan fingerprint density at radius 1 is 0.925 bits per heavy atom. The van der Waals surface area contributed by atoms with Crippen LogP contribution in [-0.2, 0) is 19.2 Å². The van der Waals surface area contributed by atoms with Gasteiger partial charge in [-0.15, -0.1) is 0 Å². The maximum atomic E-state index is 13.5. The Kier molecular flexibility index (Phi) is 14.9. The topological polar surface area (TPSA) is 55.8 Å². The fraction of sp³-hybridized carbons (Fsp3) is 0.771. The van der Waals surface area contributed by atoms with Crippen LogP contribution in [0.5, 0.6) is 0 Å². The number of piperidine rings is 1. The predicted molar refractivity (Wildman–Crippen MR) is 165 cm³/mol. The van der Waals surface area contributed by atoms with Crippen molar-refractivity contribution in [1.29, 1.82) is 0 Å². The van der Waals surface area contributed by atoms with E-state index in [1.54, 1.807) is 0 Å². The molecule has 1 aromatic carbocycles. The van der Waals surface area contributed by atoms with Gasteiger partial charge in [0.25, 0.3) is 0 Å². The van der Waals surface area contributed by atoms with Crippen LogP contribution in [0.15, 0.2) is 30.3 Å². The van der Waals surface area contributed by atoms with Gasteiger partial charge in [0.1, 0.15) is 5.78 Å². The molecule has 0 bridgehead atoms. The zero-order valence-corrected chi connectivity index (χ0v) is 26.8. The second-order valence-corrected chi connectivity index (χ2v) is 12.7. The van der Waals surface area contributed by atoms with E-state index in [0.29, 0.717) is 19.4 Å². The van der Waals surface area contributed by atoms with Gasteiger partial charge in [-0.3, -0.25) is 9.63 Å². The van der Waals surface area contributed by atoms with Crippen LogP contribution in [0.3, 0.4) is 0 Å². The first-order valence-corrected chi connectivity index (χ1v) is 16.3. The molecule has 1 heterocycles. The molecule has 1 fully saturated rings. The third-order valence-electron chi connectivity index (χ3n) is 9.58. The lowest BCUT2D eigenvalue weighted by Crippen LogP contribution is -2.67. The Morgan fingerprint density at radius 3 is 2.05 bits per heavy atom. The quantitative estimate of drug-likeness (QED) is 0.125. The van der Waals surface area contributed by atoms with Crippen LogP contribution in [0.1, 0.15) is 150 Å². The van der Waals surface area contributed by atoms with Gasteiger partial charge in [-0.1, -0.05) is 123 Å². The lowest BCUT2D eigenvalue weighted by molar-refractivity contribution is -0.314. The predicted octanol–water partition coefficient (Wildman–Crippen LogP) is 9.19. The molecule has 0 saturated carbocycles. The number of ether oxygens (including phenoxy) is 1. The summed E-state index contributed by atoms with van der Waals surface area (Å²) in [5, 5.41) is 2.02. The number of hydrogen-bond acceptors (Lipinski definition) is 5. The zero-order valence-electron chi connectivity index (χ0n) is 26.8. The van der Waals surface area contributed by atoms with Gasteiger partial charge < -0.3 is 4.74 Å². The molecule has 0 spiro atoms. The van der Waals surface area contributed by atoms with Crippen molar-refractivity contribution in [3.63, 3.8) is 0 Å². The van der Waals surface area contributed by atoms with Crippen LogP contribution < -0.4 is 0 Å². The monoisotopic (exact) mass is 557 g/mol. The lowest BCUT2D eigenvalue weighted by Gasteiger charge is -2.56. The Morgan fingerprint density at radius 2 is 1.50 bits per heavy atom. The molecule has 2 rings (SSSR count). The van der Waals surface area contributed by atoms with Gasteiger partial charge in [0.15, 0.2) is 6.10 Å². The second kappa shape index (κ2) is 17.3. The lowest BCUT2D eigenvalue weighted by atomic mass is 9.70. The van der Waals surface area contributed by atoms with Gasteiger partial charge in [0.2, 0.25) is 0 Å². The van der Waals surface area contributed by atoms with Crippen molar-refractivity contribution in [3.05, 3.63) is 35.9 Å².